The number of hydrogen-bond acceptors (Lipinski definition) is 12. The molecule has 4 amide bonds. The molecule has 2 aromatic carbocycles. The number of piperidine rings is 2. The number of amides is 4. The maximum Gasteiger partial charge on any atom is 0.293 e. The summed E-state index contributed by atoms with van der Waals surface area (Å²) in [6, 6.07) is 12.4. The number of fused-ring (bicyclic) bond motifs is 2. The quantitative estimate of drug-likeness (QED) is 0.181. The first-order valence-electron chi connectivity index (χ1n) is 21.1. The first-order chi connectivity index (χ1) is 29.2. The summed E-state index contributed by atoms with van der Waals surface area (Å²) in [6.07, 6.45) is 4.20. The summed E-state index contributed by atoms with van der Waals surface area (Å²) in [6.45, 7) is 13.6. The molecule has 61 heavy (non-hydrogen) atoms. The lowest BCUT2D eigenvalue weighted by Gasteiger charge is -2.50. The van der Waals surface area contributed by atoms with E-state index in [2.05, 4.69) is 55.5 Å². The number of halogens is 1. The highest BCUT2D eigenvalue weighted by Gasteiger charge is 2.42. The second kappa shape index (κ2) is 17.0. The highest BCUT2D eigenvalue weighted by molar-refractivity contribution is 6.33. The molecule has 0 saturated carbocycles. The number of ether oxygens (including phenoxy) is 1. The van der Waals surface area contributed by atoms with Gasteiger partial charge in [0.05, 0.1) is 11.7 Å². The van der Waals surface area contributed by atoms with Crippen LogP contribution in [-0.4, -0.2) is 112 Å². The summed E-state index contributed by atoms with van der Waals surface area (Å²) in [5.41, 5.74) is 3.74. The molecule has 4 aliphatic rings. The number of piperazine rings is 1. The van der Waals surface area contributed by atoms with Crippen molar-refractivity contribution >= 4 is 69.3 Å². The third kappa shape index (κ3) is 8.22. The minimum Gasteiger partial charge on any atom is -0.478 e. The van der Waals surface area contributed by atoms with Crippen LogP contribution in [0, 0.1) is 5.92 Å². The van der Waals surface area contributed by atoms with Crippen LogP contribution in [0.25, 0.3) is 10.9 Å². The highest BCUT2D eigenvalue weighted by atomic mass is 35.5. The fourth-order valence-corrected chi connectivity index (χ4v) is 9.54. The van der Waals surface area contributed by atoms with Crippen LogP contribution < -0.4 is 36.0 Å². The van der Waals surface area contributed by atoms with E-state index >= 15 is 0 Å². The molecule has 0 aliphatic carbocycles. The van der Waals surface area contributed by atoms with Crippen LogP contribution in [0.2, 0.25) is 5.02 Å². The van der Waals surface area contributed by atoms with Crippen LogP contribution >= 0.6 is 11.6 Å². The Morgan fingerprint density at radius 3 is 2.44 bits per heavy atom. The molecular formula is C44H53ClN10O6. The molecule has 0 spiro atoms. The second-order valence-electron chi connectivity index (χ2n) is 17.1. The molecule has 8 rings (SSSR count). The van der Waals surface area contributed by atoms with E-state index in [-0.39, 0.29) is 53.6 Å². The number of pyridine rings is 1. The Bertz CT molecular complexity index is 2440. The molecule has 322 valence electrons. The minimum atomic E-state index is -0.633. The van der Waals surface area contributed by atoms with Gasteiger partial charge < -0.3 is 34.6 Å². The number of anilines is 4. The molecule has 17 heteroatoms. The molecule has 3 fully saturated rings. The lowest BCUT2D eigenvalue weighted by molar-refractivity contribution is -0.137. The van der Waals surface area contributed by atoms with Crippen LogP contribution in [0.4, 0.5) is 23.1 Å². The van der Waals surface area contributed by atoms with Crippen molar-refractivity contribution in [2.24, 2.45) is 5.92 Å². The number of nitrogens with one attached hydrogen (secondary N) is 3. The molecule has 3 saturated heterocycles. The SMILES string of the molecule is CNC(=O)COc1cc2cc(Nc3nc(N4CCN(C(C)(C)C5CCN(c6cccc7c6CN(C6CCC(=O)NC6=O)C7=O)CC5)CC4)ncc3Cl)ccc2n(C(C)C)c1=O. The van der Waals surface area contributed by atoms with Crippen molar-refractivity contribution in [2.45, 2.75) is 77.5 Å². The normalized spacial score (nSPS) is 19.1. The number of nitrogens with zero attached hydrogens (tertiary/aromatic N) is 7. The smallest absolute Gasteiger partial charge is 0.293 e. The predicted octanol–water partition coefficient (Wildman–Crippen LogP) is 4.47. The third-order valence-electron chi connectivity index (χ3n) is 12.9. The molecule has 1 atom stereocenters. The molecule has 0 bridgehead atoms. The van der Waals surface area contributed by atoms with Crippen LogP contribution in [0.5, 0.6) is 5.75 Å². The Labute approximate surface area is 359 Å². The van der Waals surface area contributed by atoms with Crippen molar-refractivity contribution in [3.05, 3.63) is 75.2 Å². The Morgan fingerprint density at radius 2 is 1.74 bits per heavy atom. The Balaban J connectivity index is 0.895. The summed E-state index contributed by atoms with van der Waals surface area (Å²) in [7, 11) is 1.51. The van der Waals surface area contributed by atoms with Crippen molar-refractivity contribution in [3.63, 3.8) is 0 Å². The first kappa shape index (κ1) is 42.0. The summed E-state index contributed by atoms with van der Waals surface area (Å²) in [5.74, 6) is 0.436. The zero-order chi connectivity index (χ0) is 43.2. The van der Waals surface area contributed by atoms with E-state index in [9.17, 15) is 24.0 Å². The molecule has 1 unspecified atom stereocenters. The average molecular weight is 853 g/mol. The molecular weight excluding hydrogens is 800 g/mol. The number of carbonyl (C=O) groups excluding carboxylic acids is 4. The van der Waals surface area contributed by atoms with Crippen LogP contribution in [0.3, 0.4) is 0 Å². The maximum absolute atomic E-state index is 13.5. The van der Waals surface area contributed by atoms with E-state index in [0.29, 0.717) is 46.9 Å². The fraction of sp³-hybridized carbons (Fsp3) is 0.477. The summed E-state index contributed by atoms with van der Waals surface area (Å²) in [4.78, 5) is 81.2. The number of aromatic nitrogens is 3. The molecule has 6 heterocycles. The highest BCUT2D eigenvalue weighted by Crippen LogP contribution is 2.39. The van der Waals surface area contributed by atoms with Crippen molar-refractivity contribution in [1.82, 2.24) is 35.0 Å². The Morgan fingerprint density at radius 1 is 0.984 bits per heavy atom. The van der Waals surface area contributed by atoms with Crippen LogP contribution in [0.15, 0.2) is 53.5 Å². The summed E-state index contributed by atoms with van der Waals surface area (Å²) < 4.78 is 7.28. The number of hydrogen-bond donors (Lipinski definition) is 3. The Kier molecular flexibility index (Phi) is 11.7. The van der Waals surface area contributed by atoms with Gasteiger partial charge >= 0.3 is 0 Å². The van der Waals surface area contributed by atoms with E-state index in [1.54, 1.807) is 21.7 Å². The van der Waals surface area contributed by atoms with E-state index in [1.165, 1.54) is 7.05 Å². The largest absolute Gasteiger partial charge is 0.478 e. The summed E-state index contributed by atoms with van der Waals surface area (Å²) >= 11 is 6.64. The van der Waals surface area contributed by atoms with Crippen molar-refractivity contribution < 1.29 is 23.9 Å². The second-order valence-corrected chi connectivity index (χ2v) is 17.5. The standard InChI is InChI=1S/C44H53ClN10O6/c1-26(2)55-33-10-9-29(21-27(33)22-36(42(55)60)61-25-38(57)46-5)48-39-32(45)23-47-43(50-39)52-17-19-53(20-18-52)44(3,4)28-13-15-51(16-14-28)34-8-6-7-30-31(34)24-54(41(30)59)35-11-12-37(56)49-40(35)58/h6-10,21-23,26,28,35H,11-20,24-25H2,1-5H3,(H,46,57)(H,47,48,50)(H,49,56,58). The molecule has 0 radical (unpaired) electrons. The third-order valence-corrected chi connectivity index (χ3v) is 13.2. The number of imide groups is 1. The topological polar surface area (TPSA) is 174 Å². The van der Waals surface area contributed by atoms with E-state index in [4.69, 9.17) is 21.3 Å². The molecule has 4 aromatic rings. The first-order valence-corrected chi connectivity index (χ1v) is 21.4. The maximum atomic E-state index is 13.5. The van der Waals surface area contributed by atoms with Crippen LogP contribution in [0.1, 0.15) is 75.3 Å². The fourth-order valence-electron chi connectivity index (χ4n) is 9.40. The molecule has 16 nitrogen and oxygen atoms in total. The van der Waals surface area contributed by atoms with E-state index in [1.807, 2.05) is 44.2 Å². The van der Waals surface area contributed by atoms with Crippen molar-refractivity contribution in [2.75, 3.05) is 68.0 Å². The number of carbonyl (C=O) groups is 4. The number of benzene rings is 2. The predicted molar refractivity (Wildman–Crippen MR) is 234 cm³/mol. The summed E-state index contributed by atoms with van der Waals surface area (Å²) in [5, 5.41) is 9.37. The van der Waals surface area contributed by atoms with Gasteiger partial charge in [-0.3, -0.25) is 34.2 Å². The Hall–Kier alpha value is -5.74. The van der Waals surface area contributed by atoms with Crippen LogP contribution in [-0.2, 0) is 20.9 Å². The zero-order valence-electron chi connectivity index (χ0n) is 35.3. The number of likely N-dealkylation sites (N-methyl/N-ethyl adjacent to an activating group) is 1. The van der Waals surface area contributed by atoms with Gasteiger partial charge in [-0.15, -0.1) is 0 Å². The lowest BCUT2D eigenvalue weighted by atomic mass is 9.78. The lowest BCUT2D eigenvalue weighted by Crippen LogP contribution is -2.59. The van der Waals surface area contributed by atoms with Gasteiger partial charge in [-0.1, -0.05) is 17.7 Å². The minimum absolute atomic E-state index is 0.0487. The monoisotopic (exact) mass is 852 g/mol. The van der Waals surface area contributed by atoms with Crippen molar-refractivity contribution in [1.29, 1.82) is 0 Å². The van der Waals surface area contributed by atoms with Gasteiger partial charge in [-0.2, -0.15) is 4.98 Å². The molecule has 4 aliphatic heterocycles. The molecule has 3 N–H and O–H groups in total. The van der Waals surface area contributed by atoms with Gasteiger partial charge in [0.2, 0.25) is 17.8 Å². The van der Waals surface area contributed by atoms with E-state index < -0.39 is 11.9 Å². The van der Waals surface area contributed by atoms with E-state index in [0.717, 1.165) is 74.3 Å². The van der Waals surface area contributed by atoms with Crippen molar-refractivity contribution in [3.8, 4) is 5.75 Å². The van der Waals surface area contributed by atoms with Gasteiger partial charge in [0, 0.05) is 98.8 Å². The number of rotatable bonds is 11. The van der Waals surface area contributed by atoms with Gasteiger partial charge in [-0.25, -0.2) is 4.98 Å². The van der Waals surface area contributed by atoms with Gasteiger partial charge in [0.25, 0.3) is 17.4 Å². The average Bonchev–Trinajstić information content (AvgIpc) is 3.59. The zero-order valence-corrected chi connectivity index (χ0v) is 36.1. The van der Waals surface area contributed by atoms with Gasteiger partial charge in [0.1, 0.15) is 11.1 Å². The van der Waals surface area contributed by atoms with Gasteiger partial charge in [-0.05, 0) is 89.3 Å². The van der Waals surface area contributed by atoms with Gasteiger partial charge in [0.15, 0.2) is 18.2 Å². The molecule has 2 aromatic heterocycles.